The monoisotopic (exact) mass is 236 g/mol. The lowest BCUT2D eigenvalue weighted by Crippen LogP contribution is -2.34. The Bertz CT molecular complexity index is 431. The van der Waals surface area contributed by atoms with E-state index in [1.54, 1.807) is 25.4 Å². The molecule has 0 aliphatic heterocycles. The predicted octanol–water partition coefficient (Wildman–Crippen LogP) is 1.10. The molecular weight excluding hydrogens is 220 g/mol. The Morgan fingerprint density at radius 1 is 1.71 bits per heavy atom. The largest absolute Gasteiger partial charge is 0.409 e. The molecule has 0 radical (unpaired) electrons. The number of nitrogens with zero attached hydrogens (tertiary/aromatic N) is 2. The molecule has 0 fully saturated rings. The van der Waals surface area contributed by atoms with Crippen molar-refractivity contribution >= 4 is 17.4 Å². The first-order valence-corrected chi connectivity index (χ1v) is 5.29. The maximum Gasteiger partial charge on any atom is 0.235 e. The molecule has 92 valence electrons. The van der Waals surface area contributed by atoms with E-state index in [1.807, 2.05) is 6.92 Å². The van der Waals surface area contributed by atoms with E-state index in [-0.39, 0.29) is 11.7 Å². The second-order valence-electron chi connectivity index (χ2n) is 3.67. The number of amidine groups is 1. The van der Waals surface area contributed by atoms with Gasteiger partial charge in [-0.05, 0) is 25.0 Å². The number of oxime groups is 1. The van der Waals surface area contributed by atoms with Gasteiger partial charge in [0.2, 0.25) is 5.91 Å². The molecule has 1 aromatic rings. The van der Waals surface area contributed by atoms with Crippen LogP contribution in [-0.4, -0.2) is 21.9 Å². The van der Waals surface area contributed by atoms with Crippen molar-refractivity contribution in [2.24, 2.45) is 16.8 Å². The van der Waals surface area contributed by atoms with Crippen molar-refractivity contribution in [2.75, 3.05) is 5.32 Å². The van der Waals surface area contributed by atoms with Crippen LogP contribution in [0.25, 0.3) is 0 Å². The Morgan fingerprint density at radius 3 is 2.94 bits per heavy atom. The Balaban J connectivity index is 2.82. The highest BCUT2D eigenvalue weighted by atomic mass is 16.4. The lowest BCUT2D eigenvalue weighted by molar-refractivity contribution is -0.118. The van der Waals surface area contributed by atoms with Crippen molar-refractivity contribution in [1.29, 1.82) is 0 Å². The molecule has 1 rings (SSSR count). The minimum atomic E-state index is -0.639. The quantitative estimate of drug-likeness (QED) is 0.315. The molecule has 0 spiro atoms. The van der Waals surface area contributed by atoms with Crippen molar-refractivity contribution in [1.82, 2.24) is 4.98 Å². The van der Waals surface area contributed by atoms with E-state index in [0.717, 1.165) is 5.56 Å². The average molecular weight is 236 g/mol. The normalized spacial score (nSPS) is 13.2. The summed E-state index contributed by atoms with van der Waals surface area (Å²) < 4.78 is 0. The van der Waals surface area contributed by atoms with Crippen LogP contribution in [0.2, 0.25) is 0 Å². The molecule has 1 heterocycles. The highest BCUT2D eigenvalue weighted by molar-refractivity contribution is 6.07. The lowest BCUT2D eigenvalue weighted by atomic mass is 10.0. The Labute approximate surface area is 99.5 Å². The van der Waals surface area contributed by atoms with Gasteiger partial charge in [-0.15, -0.1) is 0 Å². The third-order valence-electron chi connectivity index (χ3n) is 2.49. The van der Waals surface area contributed by atoms with Crippen LogP contribution in [0.4, 0.5) is 5.69 Å². The SMILES string of the molecule is CCC(C(=O)Nc1cnccc1C)C(N)=NO. The molecule has 1 unspecified atom stereocenters. The molecule has 1 atom stereocenters. The highest BCUT2D eigenvalue weighted by Crippen LogP contribution is 2.14. The van der Waals surface area contributed by atoms with Crippen LogP contribution in [0.3, 0.4) is 0 Å². The summed E-state index contributed by atoms with van der Waals surface area (Å²) >= 11 is 0. The van der Waals surface area contributed by atoms with Gasteiger partial charge in [0, 0.05) is 6.20 Å². The van der Waals surface area contributed by atoms with E-state index in [9.17, 15) is 4.79 Å². The molecule has 4 N–H and O–H groups in total. The zero-order valence-corrected chi connectivity index (χ0v) is 9.84. The molecule has 0 aliphatic carbocycles. The molecule has 6 nitrogen and oxygen atoms in total. The van der Waals surface area contributed by atoms with Crippen molar-refractivity contribution in [3.63, 3.8) is 0 Å². The Morgan fingerprint density at radius 2 is 2.41 bits per heavy atom. The number of anilines is 1. The van der Waals surface area contributed by atoms with Crippen LogP contribution in [0.15, 0.2) is 23.6 Å². The summed E-state index contributed by atoms with van der Waals surface area (Å²) in [5.41, 5.74) is 6.98. The summed E-state index contributed by atoms with van der Waals surface area (Å²) in [6.07, 6.45) is 3.67. The van der Waals surface area contributed by atoms with Gasteiger partial charge >= 0.3 is 0 Å². The smallest absolute Gasteiger partial charge is 0.235 e. The lowest BCUT2D eigenvalue weighted by Gasteiger charge is -2.14. The molecule has 0 aliphatic rings. The first-order valence-electron chi connectivity index (χ1n) is 5.29. The van der Waals surface area contributed by atoms with Gasteiger partial charge in [-0.2, -0.15) is 0 Å². The first-order chi connectivity index (χ1) is 8.10. The minimum Gasteiger partial charge on any atom is -0.409 e. The molecule has 17 heavy (non-hydrogen) atoms. The van der Waals surface area contributed by atoms with Crippen LogP contribution in [0.1, 0.15) is 18.9 Å². The van der Waals surface area contributed by atoms with E-state index >= 15 is 0 Å². The molecule has 0 aromatic carbocycles. The molecular formula is C11H16N4O2. The van der Waals surface area contributed by atoms with Crippen LogP contribution in [0, 0.1) is 12.8 Å². The van der Waals surface area contributed by atoms with Gasteiger partial charge in [-0.1, -0.05) is 12.1 Å². The van der Waals surface area contributed by atoms with E-state index in [2.05, 4.69) is 15.5 Å². The van der Waals surface area contributed by atoms with Gasteiger partial charge < -0.3 is 16.3 Å². The summed E-state index contributed by atoms with van der Waals surface area (Å²) in [6.45, 7) is 3.65. The maximum absolute atomic E-state index is 11.9. The molecule has 0 saturated carbocycles. The zero-order chi connectivity index (χ0) is 12.8. The Hall–Kier alpha value is -2.11. The third kappa shape index (κ3) is 3.17. The number of hydrogen-bond donors (Lipinski definition) is 3. The zero-order valence-electron chi connectivity index (χ0n) is 9.84. The minimum absolute atomic E-state index is 0.0912. The van der Waals surface area contributed by atoms with Crippen molar-refractivity contribution < 1.29 is 10.0 Å². The fraction of sp³-hybridized carbons (Fsp3) is 0.364. The van der Waals surface area contributed by atoms with E-state index < -0.39 is 5.92 Å². The number of nitrogens with two attached hydrogens (primary N) is 1. The molecule has 6 heteroatoms. The van der Waals surface area contributed by atoms with E-state index in [1.165, 1.54) is 0 Å². The second-order valence-corrected chi connectivity index (χ2v) is 3.67. The summed E-state index contributed by atoms with van der Waals surface area (Å²) in [5.74, 6) is -1.04. The van der Waals surface area contributed by atoms with Crippen molar-refractivity contribution in [3.05, 3.63) is 24.0 Å². The fourth-order valence-electron chi connectivity index (χ4n) is 1.41. The first kappa shape index (κ1) is 13.0. The highest BCUT2D eigenvalue weighted by Gasteiger charge is 2.21. The molecule has 1 amide bonds. The number of amides is 1. The number of pyridine rings is 1. The number of carbonyl (C=O) groups excluding carboxylic acids is 1. The van der Waals surface area contributed by atoms with Gasteiger partial charge in [-0.3, -0.25) is 9.78 Å². The summed E-state index contributed by atoms with van der Waals surface area (Å²) in [5, 5.41) is 14.1. The van der Waals surface area contributed by atoms with Crippen LogP contribution >= 0.6 is 0 Å². The maximum atomic E-state index is 11.9. The number of aryl methyl sites for hydroxylation is 1. The number of rotatable bonds is 4. The number of hydrogen-bond acceptors (Lipinski definition) is 4. The van der Waals surface area contributed by atoms with E-state index in [4.69, 9.17) is 10.9 Å². The van der Waals surface area contributed by atoms with Crippen LogP contribution in [0.5, 0.6) is 0 Å². The van der Waals surface area contributed by atoms with Gasteiger partial charge in [0.25, 0.3) is 0 Å². The summed E-state index contributed by atoms with van der Waals surface area (Å²) in [4.78, 5) is 15.8. The molecule has 0 saturated heterocycles. The fourth-order valence-corrected chi connectivity index (χ4v) is 1.41. The topological polar surface area (TPSA) is 101 Å². The van der Waals surface area contributed by atoms with Gasteiger partial charge in [0.1, 0.15) is 0 Å². The van der Waals surface area contributed by atoms with Crippen molar-refractivity contribution in [2.45, 2.75) is 20.3 Å². The summed E-state index contributed by atoms with van der Waals surface area (Å²) in [7, 11) is 0. The second kappa shape index (κ2) is 5.83. The van der Waals surface area contributed by atoms with Gasteiger partial charge in [-0.25, -0.2) is 0 Å². The number of aromatic nitrogens is 1. The van der Waals surface area contributed by atoms with Crippen LogP contribution < -0.4 is 11.1 Å². The van der Waals surface area contributed by atoms with E-state index in [0.29, 0.717) is 12.1 Å². The molecule has 1 aromatic heterocycles. The van der Waals surface area contributed by atoms with Gasteiger partial charge in [0.15, 0.2) is 5.84 Å². The van der Waals surface area contributed by atoms with Crippen LogP contribution in [-0.2, 0) is 4.79 Å². The molecule has 0 bridgehead atoms. The van der Waals surface area contributed by atoms with Gasteiger partial charge in [0.05, 0.1) is 17.8 Å². The number of nitrogens with one attached hydrogen (secondary N) is 1. The Kier molecular flexibility index (Phi) is 4.45. The van der Waals surface area contributed by atoms with Crippen molar-refractivity contribution in [3.8, 4) is 0 Å². The average Bonchev–Trinajstić information content (AvgIpc) is 2.32. The predicted molar refractivity (Wildman–Crippen MR) is 64.8 cm³/mol. The standard InChI is InChI=1S/C11H16N4O2/c1-3-8(10(12)15-17)11(16)14-9-6-13-5-4-7(9)2/h4-6,8,17H,3H2,1-2H3,(H2,12,15)(H,14,16). The third-order valence-corrected chi connectivity index (χ3v) is 2.49. The summed E-state index contributed by atoms with van der Waals surface area (Å²) in [6, 6.07) is 1.79. The number of carbonyl (C=O) groups is 1.